The van der Waals surface area contributed by atoms with E-state index in [4.69, 9.17) is 4.74 Å². The van der Waals surface area contributed by atoms with Gasteiger partial charge in [0.05, 0.1) is 0 Å². The topological polar surface area (TPSA) is 73.5 Å². The lowest BCUT2D eigenvalue weighted by atomic mass is 9.83. The second-order valence-electron chi connectivity index (χ2n) is 7.54. The molecule has 2 aromatic rings. The van der Waals surface area contributed by atoms with Crippen LogP contribution in [-0.4, -0.2) is 39.6 Å². The molecule has 1 saturated heterocycles. The van der Waals surface area contributed by atoms with Gasteiger partial charge >= 0.3 is 0 Å². The van der Waals surface area contributed by atoms with Gasteiger partial charge in [0.25, 0.3) is 11.5 Å². The number of nitrogens with zero attached hydrogens (tertiary/aromatic N) is 3. The van der Waals surface area contributed by atoms with Gasteiger partial charge in [-0.3, -0.25) is 14.4 Å². The highest BCUT2D eigenvalue weighted by Crippen LogP contribution is 2.34. The van der Waals surface area contributed by atoms with Crippen LogP contribution in [0.3, 0.4) is 0 Å². The first-order chi connectivity index (χ1) is 12.9. The lowest BCUT2D eigenvalue weighted by Crippen LogP contribution is -2.50. The third-order valence-electron chi connectivity index (χ3n) is 5.63. The molecule has 7 heteroatoms. The first-order valence-electron chi connectivity index (χ1n) is 9.20. The van der Waals surface area contributed by atoms with E-state index in [1.165, 1.54) is 6.07 Å². The fraction of sp³-hybridized carbons (Fsp3) is 0.450. The summed E-state index contributed by atoms with van der Waals surface area (Å²) in [6, 6.07) is 6.84. The van der Waals surface area contributed by atoms with Gasteiger partial charge in [-0.25, -0.2) is 0 Å². The lowest BCUT2D eigenvalue weighted by Gasteiger charge is -2.42. The van der Waals surface area contributed by atoms with E-state index in [1.807, 2.05) is 24.6 Å². The second kappa shape index (κ2) is 6.72. The molecule has 0 aliphatic carbocycles. The van der Waals surface area contributed by atoms with Crippen LogP contribution in [0.5, 0.6) is 5.75 Å². The molecule has 2 aromatic heterocycles. The molecule has 0 radical (unpaired) electrons. The first-order valence-corrected chi connectivity index (χ1v) is 9.20. The van der Waals surface area contributed by atoms with Crippen molar-refractivity contribution in [2.24, 2.45) is 13.0 Å². The van der Waals surface area contributed by atoms with E-state index in [0.29, 0.717) is 19.6 Å². The van der Waals surface area contributed by atoms with Crippen molar-refractivity contribution in [1.29, 1.82) is 0 Å². The molecule has 0 N–H and O–H groups in total. The summed E-state index contributed by atoms with van der Waals surface area (Å²) in [5.74, 6) is 0.500. The zero-order chi connectivity index (χ0) is 19.1. The van der Waals surface area contributed by atoms with Crippen LogP contribution >= 0.6 is 0 Å². The van der Waals surface area contributed by atoms with E-state index in [2.05, 4.69) is 0 Å². The van der Waals surface area contributed by atoms with Crippen LogP contribution in [0.25, 0.3) is 0 Å². The number of hydrogen-bond acceptors (Lipinski definition) is 4. The molecule has 1 amide bonds. The fourth-order valence-electron chi connectivity index (χ4n) is 4.14. The molecule has 1 fully saturated rings. The Labute approximate surface area is 156 Å². The smallest absolute Gasteiger partial charge is 0.260 e. The summed E-state index contributed by atoms with van der Waals surface area (Å²) in [5, 5.41) is 0. The Morgan fingerprint density at radius 1 is 1.22 bits per heavy atom. The predicted octanol–water partition coefficient (Wildman–Crippen LogP) is 0.880. The summed E-state index contributed by atoms with van der Waals surface area (Å²) in [5.41, 5.74) is 1.64. The fourth-order valence-corrected chi connectivity index (χ4v) is 4.14. The molecular formula is C20H23N3O4. The summed E-state index contributed by atoms with van der Waals surface area (Å²) in [4.78, 5) is 38.6. The predicted molar refractivity (Wildman–Crippen MR) is 100 cm³/mol. The summed E-state index contributed by atoms with van der Waals surface area (Å²) in [6.45, 7) is 3.53. The van der Waals surface area contributed by atoms with Gasteiger partial charge in [-0.05, 0) is 25.3 Å². The van der Waals surface area contributed by atoms with Gasteiger partial charge < -0.3 is 18.8 Å². The van der Waals surface area contributed by atoms with Crippen LogP contribution in [0.15, 0.2) is 40.1 Å². The molecule has 2 bridgehead atoms. The molecule has 27 heavy (non-hydrogen) atoms. The molecule has 2 atom stereocenters. The third kappa shape index (κ3) is 3.29. The van der Waals surface area contributed by atoms with Crippen molar-refractivity contribution in [2.45, 2.75) is 25.8 Å². The highest BCUT2D eigenvalue weighted by molar-refractivity contribution is 5.78. The minimum Gasteiger partial charge on any atom is -0.478 e. The summed E-state index contributed by atoms with van der Waals surface area (Å²) in [7, 11) is 1.83. The van der Waals surface area contributed by atoms with E-state index in [1.54, 1.807) is 27.8 Å². The zero-order valence-electron chi connectivity index (χ0n) is 15.6. The Hall–Kier alpha value is -2.83. The number of likely N-dealkylation sites (tertiary alicyclic amines) is 1. The van der Waals surface area contributed by atoms with Crippen molar-refractivity contribution in [2.75, 3.05) is 19.7 Å². The number of pyridine rings is 2. The molecule has 0 saturated carbocycles. The Bertz CT molecular complexity index is 1010. The number of carbonyl (C=O) groups is 1. The van der Waals surface area contributed by atoms with E-state index < -0.39 is 0 Å². The average Bonchev–Trinajstić information content (AvgIpc) is 2.64. The van der Waals surface area contributed by atoms with Crippen LogP contribution in [0.1, 0.15) is 23.7 Å². The van der Waals surface area contributed by atoms with Gasteiger partial charge in [0.15, 0.2) is 12.4 Å². The maximum Gasteiger partial charge on any atom is 0.260 e. The standard InChI is InChI=1S/C20H23N3O4/c1-13-6-17(24)18(11-21(13)2)27-12-20(26)22-8-14-7-15(10-22)16-4-3-5-19(25)23(16)9-14/h3-6,11,14-15H,7-10,12H2,1-2H3. The minimum absolute atomic E-state index is 0.0283. The van der Waals surface area contributed by atoms with Crippen LogP contribution in [0.4, 0.5) is 0 Å². The minimum atomic E-state index is -0.220. The summed E-state index contributed by atoms with van der Waals surface area (Å²) >= 11 is 0. The Morgan fingerprint density at radius 3 is 2.85 bits per heavy atom. The van der Waals surface area contributed by atoms with Gasteiger partial charge in [0.2, 0.25) is 5.43 Å². The average molecular weight is 369 g/mol. The maximum atomic E-state index is 12.7. The summed E-state index contributed by atoms with van der Waals surface area (Å²) < 4.78 is 9.15. The van der Waals surface area contributed by atoms with E-state index in [-0.39, 0.29) is 41.1 Å². The lowest BCUT2D eigenvalue weighted by molar-refractivity contribution is -0.136. The number of ether oxygens (including phenoxy) is 1. The number of aryl methyl sites for hydroxylation is 2. The second-order valence-corrected chi connectivity index (χ2v) is 7.54. The first kappa shape index (κ1) is 17.6. The molecule has 7 nitrogen and oxygen atoms in total. The number of fused-ring (bicyclic) bond motifs is 4. The molecular weight excluding hydrogens is 346 g/mol. The third-order valence-corrected chi connectivity index (χ3v) is 5.63. The Balaban J connectivity index is 1.46. The van der Waals surface area contributed by atoms with Crippen molar-refractivity contribution < 1.29 is 9.53 Å². The molecule has 2 aliphatic rings. The van der Waals surface area contributed by atoms with Gasteiger partial charge in [-0.2, -0.15) is 0 Å². The molecule has 0 spiro atoms. The molecule has 2 aliphatic heterocycles. The number of aromatic nitrogens is 2. The van der Waals surface area contributed by atoms with Crippen LogP contribution in [0, 0.1) is 12.8 Å². The van der Waals surface area contributed by atoms with Crippen molar-refractivity contribution in [3.8, 4) is 5.75 Å². The normalized spacial score (nSPS) is 20.9. The maximum absolute atomic E-state index is 12.7. The van der Waals surface area contributed by atoms with Gasteiger partial charge in [0.1, 0.15) is 0 Å². The molecule has 4 heterocycles. The largest absolute Gasteiger partial charge is 0.478 e. The quantitative estimate of drug-likeness (QED) is 0.805. The monoisotopic (exact) mass is 369 g/mol. The van der Waals surface area contributed by atoms with Gasteiger partial charge in [-0.1, -0.05) is 6.07 Å². The SMILES string of the molecule is Cc1cc(=O)c(OCC(=O)N2CC3CC(C2)c2cccc(=O)n2C3)cn1C. The zero-order valence-corrected chi connectivity index (χ0v) is 15.6. The van der Waals surface area contributed by atoms with Gasteiger partial charge in [0, 0.05) is 62.3 Å². The van der Waals surface area contributed by atoms with E-state index in [9.17, 15) is 14.4 Å². The number of carbonyl (C=O) groups excluding carboxylic acids is 1. The number of amides is 1. The molecule has 0 aromatic carbocycles. The van der Waals surface area contributed by atoms with Crippen LogP contribution in [-0.2, 0) is 18.4 Å². The molecule has 2 unspecified atom stereocenters. The summed E-state index contributed by atoms with van der Waals surface area (Å²) in [6.07, 6.45) is 2.60. The highest BCUT2D eigenvalue weighted by atomic mass is 16.5. The molecule has 4 rings (SSSR count). The molecule has 142 valence electrons. The van der Waals surface area contributed by atoms with Crippen molar-refractivity contribution in [3.05, 3.63) is 62.4 Å². The van der Waals surface area contributed by atoms with Crippen molar-refractivity contribution in [3.63, 3.8) is 0 Å². The van der Waals surface area contributed by atoms with Crippen LogP contribution in [0.2, 0.25) is 0 Å². The van der Waals surface area contributed by atoms with E-state index >= 15 is 0 Å². The Morgan fingerprint density at radius 2 is 2.04 bits per heavy atom. The van der Waals surface area contributed by atoms with Crippen LogP contribution < -0.4 is 15.7 Å². The number of piperidine rings is 1. The number of rotatable bonds is 3. The Kier molecular flexibility index (Phi) is 4.37. The van der Waals surface area contributed by atoms with Crippen molar-refractivity contribution in [1.82, 2.24) is 14.0 Å². The number of hydrogen-bond donors (Lipinski definition) is 0. The highest BCUT2D eigenvalue weighted by Gasteiger charge is 2.36. The van der Waals surface area contributed by atoms with Gasteiger partial charge in [-0.15, -0.1) is 0 Å². The van der Waals surface area contributed by atoms with Crippen molar-refractivity contribution >= 4 is 5.91 Å². The van der Waals surface area contributed by atoms with E-state index in [0.717, 1.165) is 17.8 Å².